The van der Waals surface area contributed by atoms with E-state index in [4.69, 9.17) is 0 Å². The molecule has 0 saturated carbocycles. The molecule has 4 heteroatoms. The summed E-state index contributed by atoms with van der Waals surface area (Å²) in [5.41, 5.74) is 0. The van der Waals surface area contributed by atoms with Crippen molar-refractivity contribution in [2.75, 3.05) is 0 Å². The van der Waals surface area contributed by atoms with E-state index in [1.165, 1.54) is 0 Å². The zero-order valence-corrected chi connectivity index (χ0v) is 7.39. The van der Waals surface area contributed by atoms with Crippen molar-refractivity contribution >= 4 is 24.8 Å². The zero-order valence-electron chi connectivity index (χ0n) is 1.48. The van der Waals surface area contributed by atoms with E-state index in [-0.39, 0.29) is 102 Å². The van der Waals surface area contributed by atoms with Crippen LogP contribution in [0.1, 0.15) is 0 Å². The van der Waals surface area contributed by atoms with Crippen molar-refractivity contribution in [2.45, 2.75) is 0 Å². The van der Waals surface area contributed by atoms with E-state index in [9.17, 15) is 0 Å². The smallest absolute Gasteiger partial charge is 0 e. The van der Waals surface area contributed by atoms with Crippen LogP contribution < -0.4 is 0 Å². The Labute approximate surface area is 99.5 Å². The predicted molar refractivity (Wildman–Crippen MR) is 14.5 cm³/mol. The molecule has 0 aromatic rings. The van der Waals surface area contributed by atoms with E-state index in [1.807, 2.05) is 0 Å². The summed E-state index contributed by atoms with van der Waals surface area (Å²) in [6.07, 6.45) is 0. The van der Waals surface area contributed by atoms with Crippen LogP contribution in [0.25, 0.3) is 0 Å². The van der Waals surface area contributed by atoms with Gasteiger partial charge in [-0.15, -0.1) is 24.8 Å². The van der Waals surface area contributed by atoms with Crippen molar-refractivity contribution in [1.29, 1.82) is 0 Å². The third-order valence-electron chi connectivity index (χ3n) is 0. The molecule has 0 aliphatic heterocycles. The molecule has 0 aliphatic carbocycles. The second kappa shape index (κ2) is 16.4. The molecule has 0 aromatic carbocycles. The number of halogens is 2. The third kappa shape index (κ3) is 8.94. The molecule has 0 aromatic heterocycles. The van der Waals surface area contributed by atoms with Crippen LogP contribution in [0.15, 0.2) is 0 Å². The maximum absolute atomic E-state index is 0. The van der Waals surface area contributed by atoms with Crippen molar-refractivity contribution in [1.82, 2.24) is 0 Å². The van der Waals surface area contributed by atoms with E-state index >= 15 is 0 Å². The SMILES string of the molecule is Cl.Cl.[Tb].[Tb]. The first-order valence-electron chi connectivity index (χ1n) is 0. The molecular weight excluding hydrogens is 389 g/mol. The van der Waals surface area contributed by atoms with Crippen LogP contribution in [0.3, 0.4) is 0 Å². The molecule has 0 heterocycles. The summed E-state index contributed by atoms with van der Waals surface area (Å²) in [5.74, 6) is 0. The van der Waals surface area contributed by atoms with Crippen LogP contribution in [0, 0.1) is 77.2 Å². The molecule has 0 atom stereocenters. The number of rotatable bonds is 0. The average molecular weight is 391 g/mol. The van der Waals surface area contributed by atoms with Gasteiger partial charge in [0.15, 0.2) is 0 Å². The minimum absolute atomic E-state index is 0. The van der Waals surface area contributed by atoms with Gasteiger partial charge >= 0.3 is 0 Å². The van der Waals surface area contributed by atoms with E-state index < -0.39 is 0 Å². The standard InChI is InChI=1S/2ClH.2Tb/h2*1H;;. The van der Waals surface area contributed by atoms with Crippen molar-refractivity contribution < 1.29 is 77.2 Å². The van der Waals surface area contributed by atoms with Gasteiger partial charge in [-0.2, -0.15) is 0 Å². The summed E-state index contributed by atoms with van der Waals surface area (Å²) >= 11 is 0. The molecule has 0 rings (SSSR count). The molecule has 0 amide bonds. The van der Waals surface area contributed by atoms with Gasteiger partial charge in [0.2, 0.25) is 0 Å². The van der Waals surface area contributed by atoms with E-state index in [0.29, 0.717) is 0 Å². The summed E-state index contributed by atoms with van der Waals surface area (Å²) in [6, 6.07) is 0. The Kier molecular flexibility index (Phi) is 112. The fraction of sp³-hybridized carbons (Fsp3) is 0. The molecule has 0 saturated heterocycles. The largest absolute Gasteiger partial charge is 0.147 e. The van der Waals surface area contributed by atoms with E-state index in [1.54, 1.807) is 0 Å². The van der Waals surface area contributed by atoms with Gasteiger partial charge in [0.1, 0.15) is 0 Å². The summed E-state index contributed by atoms with van der Waals surface area (Å²) in [7, 11) is 0. The van der Waals surface area contributed by atoms with Gasteiger partial charge in [0, 0.05) is 77.2 Å². The second-order valence-corrected chi connectivity index (χ2v) is 0. The first-order chi connectivity index (χ1) is 0. The molecule has 0 aliphatic rings. The van der Waals surface area contributed by atoms with Crippen molar-refractivity contribution in [2.24, 2.45) is 0 Å². The fourth-order valence-corrected chi connectivity index (χ4v) is 0. The molecule has 2 radical (unpaired) electrons. The summed E-state index contributed by atoms with van der Waals surface area (Å²) < 4.78 is 0. The van der Waals surface area contributed by atoms with Gasteiger partial charge in [0.05, 0.1) is 0 Å². The van der Waals surface area contributed by atoms with Crippen LogP contribution in [0.4, 0.5) is 0 Å². The van der Waals surface area contributed by atoms with Crippen molar-refractivity contribution in [3.8, 4) is 0 Å². The molecule has 0 bridgehead atoms. The Hall–Kier alpha value is 3.15. The Bertz CT molecular complexity index is 4.00. The van der Waals surface area contributed by atoms with Crippen LogP contribution in [0.5, 0.6) is 0 Å². The first kappa shape index (κ1) is 27.2. The fourth-order valence-electron chi connectivity index (χ4n) is 0. The molecule has 0 unspecified atom stereocenters. The van der Waals surface area contributed by atoms with Crippen LogP contribution in [0.2, 0.25) is 0 Å². The Morgan fingerprint density at radius 2 is 0.500 bits per heavy atom. The van der Waals surface area contributed by atoms with Gasteiger partial charge in [-0.25, -0.2) is 0 Å². The van der Waals surface area contributed by atoms with Crippen LogP contribution >= 0.6 is 24.8 Å². The average Bonchev–Trinajstić information content (AvgIpc) is 0. The maximum atomic E-state index is 0. The monoisotopic (exact) mass is 390 g/mol. The third-order valence-corrected chi connectivity index (χ3v) is 0. The normalized spacial score (nSPS) is 0. The maximum Gasteiger partial charge on any atom is 0 e. The summed E-state index contributed by atoms with van der Waals surface area (Å²) in [5, 5.41) is 0. The Morgan fingerprint density at radius 3 is 0.500 bits per heavy atom. The summed E-state index contributed by atoms with van der Waals surface area (Å²) in [4.78, 5) is 0. The second-order valence-electron chi connectivity index (χ2n) is 0. The van der Waals surface area contributed by atoms with Gasteiger partial charge in [-0.05, 0) is 0 Å². The molecule has 0 nitrogen and oxygen atoms in total. The van der Waals surface area contributed by atoms with Gasteiger partial charge < -0.3 is 0 Å². The molecule has 4 heavy (non-hydrogen) atoms. The molecule has 34 valence electrons. The molecular formula is H2Cl2Tb2. The van der Waals surface area contributed by atoms with Gasteiger partial charge in [-0.1, -0.05) is 0 Å². The number of hydrogen-bond donors (Lipinski definition) is 0. The van der Waals surface area contributed by atoms with E-state index in [2.05, 4.69) is 0 Å². The Balaban J connectivity index is 0. The molecule has 0 spiro atoms. The van der Waals surface area contributed by atoms with Gasteiger partial charge in [0.25, 0.3) is 0 Å². The molecule has 0 fully saturated rings. The van der Waals surface area contributed by atoms with Crippen LogP contribution in [-0.2, 0) is 0 Å². The first-order valence-corrected chi connectivity index (χ1v) is 0. The van der Waals surface area contributed by atoms with Crippen LogP contribution in [-0.4, -0.2) is 0 Å². The minimum Gasteiger partial charge on any atom is -0.147 e. The zero-order chi connectivity index (χ0) is 0. The molecule has 0 N–H and O–H groups in total. The van der Waals surface area contributed by atoms with Crippen molar-refractivity contribution in [3.63, 3.8) is 0 Å². The van der Waals surface area contributed by atoms with Crippen molar-refractivity contribution in [3.05, 3.63) is 0 Å². The summed E-state index contributed by atoms with van der Waals surface area (Å²) in [6.45, 7) is 0. The quantitative estimate of drug-likeness (QED) is 0.575. The Morgan fingerprint density at radius 1 is 0.500 bits per heavy atom. The van der Waals surface area contributed by atoms with Gasteiger partial charge in [-0.3, -0.25) is 0 Å². The topological polar surface area (TPSA) is 0 Å². The van der Waals surface area contributed by atoms with E-state index in [0.717, 1.165) is 0 Å². The predicted octanol–water partition coefficient (Wildman–Crippen LogP) is 0.844. The number of hydrogen-bond acceptors (Lipinski definition) is 0. The minimum atomic E-state index is 0.